The maximum Gasteiger partial charge on any atom is 0.297 e. The number of nitrogens with zero attached hydrogens (tertiary/aromatic N) is 2. The van der Waals surface area contributed by atoms with Crippen LogP contribution in [-0.2, 0) is 7.05 Å². The van der Waals surface area contributed by atoms with Gasteiger partial charge in [0.15, 0.2) is 0 Å². The van der Waals surface area contributed by atoms with Gasteiger partial charge in [0, 0.05) is 13.6 Å². The van der Waals surface area contributed by atoms with Crippen LogP contribution in [0.2, 0.25) is 0 Å². The Bertz CT molecular complexity index is 436. The molecule has 0 saturated carbocycles. The van der Waals surface area contributed by atoms with Crippen LogP contribution in [0.1, 0.15) is 0 Å². The summed E-state index contributed by atoms with van der Waals surface area (Å²) in [5.41, 5.74) is 7.37. The van der Waals surface area contributed by atoms with Crippen LogP contribution in [0.4, 0.5) is 0 Å². The fourth-order valence-electron chi connectivity index (χ4n) is 1.40. The Kier molecular flexibility index (Phi) is 2.37. The Morgan fingerprint density at radius 2 is 2.21 bits per heavy atom. The molecule has 0 fully saturated rings. The first kappa shape index (κ1) is 9.02. The number of nitrogens with two attached hydrogens (primary N) is 1. The third kappa shape index (κ3) is 1.44. The van der Waals surface area contributed by atoms with Crippen molar-refractivity contribution in [2.24, 2.45) is 12.8 Å². The predicted octanol–water partition coefficient (Wildman–Crippen LogP) is 0.911. The number of fused-ring (bicyclic) bond motifs is 1. The van der Waals surface area contributed by atoms with E-state index >= 15 is 0 Å². The average molecular weight is 191 g/mol. The highest BCUT2D eigenvalue weighted by molar-refractivity contribution is 5.76. The molecule has 2 aromatic rings. The van der Waals surface area contributed by atoms with Gasteiger partial charge in [-0.3, -0.25) is 4.57 Å². The molecule has 1 aromatic heterocycles. The zero-order chi connectivity index (χ0) is 9.97. The summed E-state index contributed by atoms with van der Waals surface area (Å²) < 4.78 is 7.32. The first-order valence-corrected chi connectivity index (χ1v) is 4.57. The summed E-state index contributed by atoms with van der Waals surface area (Å²) in [4.78, 5) is 4.33. The van der Waals surface area contributed by atoms with Crippen LogP contribution >= 0.6 is 0 Å². The van der Waals surface area contributed by atoms with Crippen LogP contribution in [0.15, 0.2) is 24.3 Å². The van der Waals surface area contributed by atoms with Gasteiger partial charge >= 0.3 is 0 Å². The Labute approximate surface area is 82.3 Å². The van der Waals surface area contributed by atoms with Gasteiger partial charge in [0.25, 0.3) is 6.01 Å². The minimum Gasteiger partial charge on any atom is -0.463 e. The topological polar surface area (TPSA) is 53.1 Å². The van der Waals surface area contributed by atoms with Gasteiger partial charge in [0.2, 0.25) is 0 Å². The molecule has 1 heterocycles. The Morgan fingerprint density at radius 3 is 2.93 bits per heavy atom. The van der Waals surface area contributed by atoms with E-state index < -0.39 is 0 Å². The summed E-state index contributed by atoms with van der Waals surface area (Å²) >= 11 is 0. The molecular formula is C10H13N3O. The highest BCUT2D eigenvalue weighted by Gasteiger charge is 2.06. The van der Waals surface area contributed by atoms with Crippen molar-refractivity contribution in [3.05, 3.63) is 24.3 Å². The van der Waals surface area contributed by atoms with E-state index in [1.165, 1.54) is 0 Å². The second-order valence-electron chi connectivity index (χ2n) is 3.08. The predicted molar refractivity (Wildman–Crippen MR) is 55.3 cm³/mol. The van der Waals surface area contributed by atoms with Gasteiger partial charge in [-0.05, 0) is 12.1 Å². The first-order chi connectivity index (χ1) is 6.83. The van der Waals surface area contributed by atoms with E-state index in [1.54, 1.807) is 0 Å². The zero-order valence-electron chi connectivity index (χ0n) is 8.10. The van der Waals surface area contributed by atoms with Gasteiger partial charge < -0.3 is 10.5 Å². The minimum absolute atomic E-state index is 0.497. The molecule has 2 N–H and O–H groups in total. The fourth-order valence-corrected chi connectivity index (χ4v) is 1.40. The first-order valence-electron chi connectivity index (χ1n) is 4.57. The van der Waals surface area contributed by atoms with Crippen LogP contribution < -0.4 is 10.5 Å². The SMILES string of the molecule is Cn1c(OCCN)nc2ccccc21. The van der Waals surface area contributed by atoms with Crippen LogP contribution in [0.5, 0.6) is 6.01 Å². The van der Waals surface area contributed by atoms with Crippen molar-refractivity contribution in [1.29, 1.82) is 0 Å². The molecular weight excluding hydrogens is 178 g/mol. The van der Waals surface area contributed by atoms with E-state index in [9.17, 15) is 0 Å². The highest BCUT2D eigenvalue weighted by atomic mass is 16.5. The van der Waals surface area contributed by atoms with Gasteiger partial charge in [0.05, 0.1) is 11.0 Å². The molecule has 2 rings (SSSR count). The molecule has 0 aliphatic carbocycles. The molecule has 0 bridgehead atoms. The van der Waals surface area contributed by atoms with E-state index in [-0.39, 0.29) is 0 Å². The molecule has 0 aliphatic rings. The molecule has 0 spiro atoms. The maximum absolute atomic E-state index is 5.40. The summed E-state index contributed by atoms with van der Waals surface area (Å²) in [6.45, 7) is 1.00. The molecule has 14 heavy (non-hydrogen) atoms. The molecule has 74 valence electrons. The van der Waals surface area contributed by atoms with Crippen LogP contribution in [-0.4, -0.2) is 22.7 Å². The molecule has 4 nitrogen and oxygen atoms in total. The quantitative estimate of drug-likeness (QED) is 0.784. The van der Waals surface area contributed by atoms with E-state index in [4.69, 9.17) is 10.5 Å². The Balaban J connectivity index is 2.41. The van der Waals surface area contributed by atoms with Gasteiger partial charge in [0.1, 0.15) is 6.61 Å². The number of imidazole rings is 1. The van der Waals surface area contributed by atoms with E-state index in [0.29, 0.717) is 19.2 Å². The van der Waals surface area contributed by atoms with Crippen LogP contribution in [0.3, 0.4) is 0 Å². The lowest BCUT2D eigenvalue weighted by Crippen LogP contribution is -2.12. The second-order valence-corrected chi connectivity index (χ2v) is 3.08. The van der Waals surface area contributed by atoms with Crippen molar-refractivity contribution in [1.82, 2.24) is 9.55 Å². The molecule has 0 radical (unpaired) electrons. The van der Waals surface area contributed by atoms with E-state index in [2.05, 4.69) is 4.98 Å². The van der Waals surface area contributed by atoms with Crippen molar-refractivity contribution in [3.8, 4) is 6.01 Å². The van der Waals surface area contributed by atoms with E-state index in [0.717, 1.165) is 11.0 Å². The Hall–Kier alpha value is -1.55. The molecule has 0 amide bonds. The number of para-hydroxylation sites is 2. The van der Waals surface area contributed by atoms with Crippen LogP contribution in [0, 0.1) is 0 Å². The number of rotatable bonds is 3. The monoisotopic (exact) mass is 191 g/mol. The van der Waals surface area contributed by atoms with Crippen molar-refractivity contribution in [2.75, 3.05) is 13.2 Å². The normalized spacial score (nSPS) is 10.7. The molecule has 1 aromatic carbocycles. The number of aromatic nitrogens is 2. The number of benzene rings is 1. The molecule has 0 atom stereocenters. The van der Waals surface area contributed by atoms with Gasteiger partial charge in [-0.2, -0.15) is 4.98 Å². The van der Waals surface area contributed by atoms with Crippen molar-refractivity contribution in [2.45, 2.75) is 0 Å². The van der Waals surface area contributed by atoms with E-state index in [1.807, 2.05) is 35.9 Å². The maximum atomic E-state index is 5.40. The van der Waals surface area contributed by atoms with Crippen molar-refractivity contribution < 1.29 is 4.74 Å². The highest BCUT2D eigenvalue weighted by Crippen LogP contribution is 2.18. The standard InChI is InChI=1S/C10H13N3O/c1-13-9-5-3-2-4-8(9)12-10(13)14-7-6-11/h2-5H,6-7,11H2,1H3. The third-order valence-electron chi connectivity index (χ3n) is 2.10. The number of ether oxygens (including phenoxy) is 1. The molecule has 4 heteroatoms. The average Bonchev–Trinajstić information content (AvgIpc) is 2.54. The largest absolute Gasteiger partial charge is 0.463 e. The number of hydrogen-bond acceptors (Lipinski definition) is 3. The number of hydrogen-bond donors (Lipinski definition) is 1. The lowest BCUT2D eigenvalue weighted by molar-refractivity contribution is 0.294. The summed E-state index contributed by atoms with van der Waals surface area (Å²) in [6, 6.07) is 8.54. The minimum atomic E-state index is 0.497. The fraction of sp³-hybridized carbons (Fsp3) is 0.300. The molecule has 0 unspecified atom stereocenters. The summed E-state index contributed by atoms with van der Waals surface area (Å²) in [5.74, 6) is 0. The molecule has 0 aliphatic heterocycles. The van der Waals surface area contributed by atoms with Crippen LogP contribution in [0.25, 0.3) is 11.0 Å². The molecule has 0 saturated heterocycles. The lowest BCUT2D eigenvalue weighted by Gasteiger charge is -2.02. The summed E-state index contributed by atoms with van der Waals surface area (Å²) in [5, 5.41) is 0. The van der Waals surface area contributed by atoms with Gasteiger partial charge in [-0.25, -0.2) is 0 Å². The lowest BCUT2D eigenvalue weighted by atomic mass is 10.3. The Morgan fingerprint density at radius 1 is 1.43 bits per heavy atom. The van der Waals surface area contributed by atoms with Gasteiger partial charge in [-0.15, -0.1) is 0 Å². The van der Waals surface area contributed by atoms with Crippen molar-refractivity contribution >= 4 is 11.0 Å². The number of aryl methyl sites for hydroxylation is 1. The summed E-state index contributed by atoms with van der Waals surface area (Å²) in [7, 11) is 1.93. The smallest absolute Gasteiger partial charge is 0.297 e. The second kappa shape index (κ2) is 3.67. The third-order valence-corrected chi connectivity index (χ3v) is 2.10. The zero-order valence-corrected chi connectivity index (χ0v) is 8.10. The van der Waals surface area contributed by atoms with Crippen molar-refractivity contribution in [3.63, 3.8) is 0 Å². The van der Waals surface area contributed by atoms with Gasteiger partial charge in [-0.1, -0.05) is 12.1 Å². The summed E-state index contributed by atoms with van der Waals surface area (Å²) in [6.07, 6.45) is 0.